The molecule has 2 saturated heterocycles. The van der Waals surface area contributed by atoms with Crippen LogP contribution in [0.2, 0.25) is 0 Å². The van der Waals surface area contributed by atoms with E-state index in [0.29, 0.717) is 31.6 Å². The maximum atomic E-state index is 13.2. The van der Waals surface area contributed by atoms with Crippen molar-refractivity contribution >= 4 is 0 Å². The molecule has 36 heavy (non-hydrogen) atoms. The number of aromatic hydroxyl groups is 1. The number of nitrogens with zero attached hydrogens (tertiary/aromatic N) is 4. The summed E-state index contributed by atoms with van der Waals surface area (Å²) < 4.78 is 40.5. The molecule has 2 bridgehead atoms. The van der Waals surface area contributed by atoms with Crippen LogP contribution in [0.15, 0.2) is 24.3 Å². The van der Waals surface area contributed by atoms with Crippen LogP contribution in [0, 0.1) is 5.92 Å². The highest BCUT2D eigenvalue weighted by molar-refractivity contribution is 5.48. The summed E-state index contributed by atoms with van der Waals surface area (Å²) in [6.07, 6.45) is 1.59. The van der Waals surface area contributed by atoms with Crippen molar-refractivity contribution in [2.45, 2.75) is 68.2 Å². The standard InChI is InChI=1S/C27H35F3N4O2/c1-32-24(27(28,29)30)15-20(31-32)6-10-33-11-7-25-8-13-34(17-18-2-3-18)23(26(25,36)9-12-33)14-19-4-5-21(35)16-22(19)25/h4-5,15-16,18,23,35-36H,2-3,6-14,17H2,1H3. The summed E-state index contributed by atoms with van der Waals surface area (Å²) in [7, 11) is 1.33. The Bertz CT molecular complexity index is 1150. The van der Waals surface area contributed by atoms with Gasteiger partial charge in [0.2, 0.25) is 0 Å². The average Bonchev–Trinajstić information content (AvgIpc) is 3.57. The lowest BCUT2D eigenvalue weighted by atomic mass is 9.52. The predicted molar refractivity (Wildman–Crippen MR) is 129 cm³/mol. The first-order chi connectivity index (χ1) is 17.1. The Morgan fingerprint density at radius 1 is 1.08 bits per heavy atom. The Kier molecular flexibility index (Phi) is 5.70. The Balaban J connectivity index is 1.26. The third-order valence-electron chi connectivity index (χ3n) is 9.43. The van der Waals surface area contributed by atoms with Crippen LogP contribution in [0.3, 0.4) is 0 Å². The summed E-state index contributed by atoms with van der Waals surface area (Å²) in [5.74, 6) is 0.977. The van der Waals surface area contributed by atoms with Gasteiger partial charge in [0.15, 0.2) is 0 Å². The van der Waals surface area contributed by atoms with Gasteiger partial charge in [-0.3, -0.25) is 9.58 Å². The lowest BCUT2D eigenvalue weighted by Gasteiger charge is -2.61. The molecule has 0 spiro atoms. The maximum absolute atomic E-state index is 13.2. The van der Waals surface area contributed by atoms with Crippen LogP contribution in [0.4, 0.5) is 13.2 Å². The predicted octanol–water partition coefficient (Wildman–Crippen LogP) is 3.49. The van der Waals surface area contributed by atoms with E-state index in [4.69, 9.17) is 0 Å². The number of phenols is 1. The molecule has 2 aliphatic heterocycles. The number of alkyl halides is 3. The van der Waals surface area contributed by atoms with E-state index in [1.54, 1.807) is 6.07 Å². The summed E-state index contributed by atoms with van der Waals surface area (Å²) in [6, 6.07) is 6.85. The molecule has 6 nitrogen and oxygen atoms in total. The minimum absolute atomic E-state index is 0.0500. The number of piperidine rings is 1. The van der Waals surface area contributed by atoms with Crippen molar-refractivity contribution in [2.75, 3.05) is 32.7 Å². The molecule has 9 heteroatoms. The Hall–Kier alpha value is -2.10. The Morgan fingerprint density at radius 3 is 2.56 bits per heavy atom. The number of hydrogen-bond acceptors (Lipinski definition) is 5. The van der Waals surface area contributed by atoms with Crippen molar-refractivity contribution in [1.29, 1.82) is 0 Å². The third-order valence-corrected chi connectivity index (χ3v) is 9.43. The van der Waals surface area contributed by atoms with Crippen LogP contribution in [0.5, 0.6) is 5.75 Å². The molecule has 3 heterocycles. The topological polar surface area (TPSA) is 64.8 Å². The second kappa shape index (κ2) is 8.46. The maximum Gasteiger partial charge on any atom is 0.433 e. The fourth-order valence-electron chi connectivity index (χ4n) is 7.32. The number of aryl methyl sites for hydroxylation is 1. The van der Waals surface area contributed by atoms with Crippen LogP contribution in [-0.4, -0.2) is 74.2 Å². The van der Waals surface area contributed by atoms with Gasteiger partial charge in [-0.05, 0) is 86.9 Å². The van der Waals surface area contributed by atoms with Crippen molar-refractivity contribution in [1.82, 2.24) is 19.6 Å². The van der Waals surface area contributed by atoms with Gasteiger partial charge in [0.05, 0.1) is 11.3 Å². The quantitative estimate of drug-likeness (QED) is 0.653. The summed E-state index contributed by atoms with van der Waals surface area (Å²) in [5.41, 5.74) is 0.706. The molecule has 2 aromatic rings. The molecular formula is C27H35F3N4O2. The zero-order valence-electron chi connectivity index (χ0n) is 20.8. The lowest BCUT2D eigenvalue weighted by Crippen LogP contribution is -2.71. The Labute approximate surface area is 209 Å². The van der Waals surface area contributed by atoms with E-state index >= 15 is 0 Å². The SMILES string of the molecule is Cn1nc(CCN2CCC34CCN(CC5CC5)C(Cc5ccc(O)cc53)C4(O)CC2)cc1C(F)(F)F. The molecule has 0 amide bonds. The zero-order valence-corrected chi connectivity index (χ0v) is 20.8. The van der Waals surface area contributed by atoms with Crippen molar-refractivity contribution in [2.24, 2.45) is 13.0 Å². The van der Waals surface area contributed by atoms with E-state index < -0.39 is 22.9 Å². The molecule has 1 aromatic heterocycles. The Morgan fingerprint density at radius 2 is 1.83 bits per heavy atom. The molecule has 6 rings (SSSR count). The molecule has 0 radical (unpaired) electrons. The molecule has 196 valence electrons. The largest absolute Gasteiger partial charge is 0.508 e. The summed E-state index contributed by atoms with van der Waals surface area (Å²) in [5, 5.41) is 27.0. The fraction of sp³-hybridized carbons (Fsp3) is 0.667. The van der Waals surface area contributed by atoms with Crippen LogP contribution in [0.1, 0.15) is 54.6 Å². The van der Waals surface area contributed by atoms with E-state index in [2.05, 4.69) is 14.9 Å². The molecule has 1 saturated carbocycles. The summed E-state index contributed by atoms with van der Waals surface area (Å²) in [6.45, 7) is 4.04. The van der Waals surface area contributed by atoms with Gasteiger partial charge in [-0.1, -0.05) is 6.07 Å². The van der Waals surface area contributed by atoms with Crippen molar-refractivity contribution in [3.05, 3.63) is 46.8 Å². The van der Waals surface area contributed by atoms with Crippen LogP contribution in [-0.2, 0) is 31.5 Å². The number of rotatable bonds is 5. The summed E-state index contributed by atoms with van der Waals surface area (Å²) in [4.78, 5) is 4.80. The molecule has 2 N–H and O–H groups in total. The molecule has 3 fully saturated rings. The molecule has 1 aromatic carbocycles. The molecular weight excluding hydrogens is 469 g/mol. The smallest absolute Gasteiger partial charge is 0.433 e. The van der Waals surface area contributed by atoms with Crippen molar-refractivity contribution < 1.29 is 23.4 Å². The number of hydrogen-bond donors (Lipinski definition) is 2. The number of halogens is 3. The second-order valence-corrected chi connectivity index (χ2v) is 11.5. The molecule has 3 unspecified atom stereocenters. The minimum atomic E-state index is -4.41. The first-order valence-corrected chi connectivity index (χ1v) is 13.2. The van der Waals surface area contributed by atoms with E-state index in [9.17, 15) is 23.4 Å². The van der Waals surface area contributed by atoms with Gasteiger partial charge in [0, 0.05) is 44.6 Å². The van der Waals surface area contributed by atoms with E-state index in [1.165, 1.54) is 25.5 Å². The highest BCUT2D eigenvalue weighted by Gasteiger charge is 2.63. The first-order valence-electron chi connectivity index (χ1n) is 13.2. The summed E-state index contributed by atoms with van der Waals surface area (Å²) >= 11 is 0. The van der Waals surface area contributed by atoms with Crippen molar-refractivity contribution in [3.8, 4) is 5.75 Å². The van der Waals surface area contributed by atoms with Crippen molar-refractivity contribution in [3.63, 3.8) is 0 Å². The van der Waals surface area contributed by atoms with Crippen LogP contribution >= 0.6 is 0 Å². The number of phenolic OH excluding ortho intramolecular Hbond substituents is 1. The number of aliphatic hydroxyl groups is 1. The number of likely N-dealkylation sites (tertiary alicyclic amines) is 2. The number of aromatic nitrogens is 2. The average molecular weight is 505 g/mol. The highest BCUT2D eigenvalue weighted by Crippen LogP contribution is 2.56. The monoisotopic (exact) mass is 504 g/mol. The number of benzene rings is 1. The van der Waals surface area contributed by atoms with E-state index in [-0.39, 0.29) is 11.8 Å². The van der Waals surface area contributed by atoms with Gasteiger partial charge in [0.1, 0.15) is 11.4 Å². The zero-order chi connectivity index (χ0) is 25.3. The first kappa shape index (κ1) is 24.2. The van der Waals surface area contributed by atoms with Crippen LogP contribution in [0.25, 0.3) is 0 Å². The fourth-order valence-corrected chi connectivity index (χ4v) is 7.32. The van der Waals surface area contributed by atoms with Gasteiger partial charge in [-0.2, -0.15) is 18.3 Å². The van der Waals surface area contributed by atoms with Gasteiger partial charge in [-0.15, -0.1) is 0 Å². The third kappa shape index (κ3) is 3.94. The van der Waals surface area contributed by atoms with Gasteiger partial charge in [-0.25, -0.2) is 0 Å². The van der Waals surface area contributed by atoms with Gasteiger partial charge >= 0.3 is 6.18 Å². The second-order valence-electron chi connectivity index (χ2n) is 11.5. The van der Waals surface area contributed by atoms with Gasteiger partial charge in [0.25, 0.3) is 0 Å². The lowest BCUT2D eigenvalue weighted by molar-refractivity contribution is -0.149. The van der Waals surface area contributed by atoms with Crippen LogP contribution < -0.4 is 0 Å². The van der Waals surface area contributed by atoms with Gasteiger partial charge < -0.3 is 15.1 Å². The molecule has 2 aliphatic carbocycles. The normalized spacial score (nSPS) is 31.1. The van der Waals surface area contributed by atoms with E-state index in [0.717, 1.165) is 61.1 Å². The minimum Gasteiger partial charge on any atom is -0.508 e. The highest BCUT2D eigenvalue weighted by atomic mass is 19.4. The van der Waals surface area contributed by atoms with E-state index in [1.807, 2.05) is 12.1 Å². The molecule has 3 atom stereocenters. The molecule has 4 aliphatic rings. The number of fused-ring (bicyclic) bond motifs is 1.